The fourth-order valence-corrected chi connectivity index (χ4v) is 3.18. The number of hydrogen-bond acceptors (Lipinski definition) is 3. The van der Waals surface area contributed by atoms with Crippen molar-refractivity contribution in [3.8, 4) is 5.75 Å². The molecule has 19 heavy (non-hydrogen) atoms. The average Bonchev–Trinajstić information content (AvgIpc) is 3.08. The molecular formula is C15H18O4. The summed E-state index contributed by atoms with van der Waals surface area (Å²) >= 11 is 0. The van der Waals surface area contributed by atoms with Gasteiger partial charge in [0, 0.05) is 5.41 Å². The molecule has 1 N–H and O–H groups in total. The molecule has 0 radical (unpaired) electrons. The Labute approximate surface area is 112 Å². The predicted octanol–water partition coefficient (Wildman–Crippen LogP) is 1.99. The number of carboxylic acids is 1. The van der Waals surface area contributed by atoms with E-state index in [9.17, 15) is 4.79 Å². The zero-order valence-corrected chi connectivity index (χ0v) is 11.2. The molecule has 4 heteroatoms. The van der Waals surface area contributed by atoms with Crippen molar-refractivity contribution in [2.24, 2.45) is 11.8 Å². The Morgan fingerprint density at radius 2 is 2.21 bits per heavy atom. The number of benzene rings is 1. The van der Waals surface area contributed by atoms with Gasteiger partial charge in [-0.05, 0) is 36.5 Å². The zero-order chi connectivity index (χ0) is 13.6. The van der Waals surface area contributed by atoms with Gasteiger partial charge in [-0.2, -0.15) is 0 Å². The zero-order valence-electron chi connectivity index (χ0n) is 11.2. The summed E-state index contributed by atoms with van der Waals surface area (Å²) < 4.78 is 10.7. The summed E-state index contributed by atoms with van der Waals surface area (Å²) in [5.74, 6) is 0.198. The summed E-state index contributed by atoms with van der Waals surface area (Å²) in [6.07, 6.45) is 0.768. The predicted molar refractivity (Wildman–Crippen MR) is 69.5 cm³/mol. The van der Waals surface area contributed by atoms with E-state index < -0.39 is 5.97 Å². The van der Waals surface area contributed by atoms with Gasteiger partial charge in [-0.15, -0.1) is 0 Å². The number of carboxylic acid groups (broad SMARTS) is 1. The van der Waals surface area contributed by atoms with Crippen molar-refractivity contribution in [1.29, 1.82) is 0 Å². The first-order valence-corrected chi connectivity index (χ1v) is 6.54. The summed E-state index contributed by atoms with van der Waals surface area (Å²) in [5.41, 5.74) is 2.17. The standard InChI is InChI=1S/C15H18O4/c1-9-5-10(3-4-13(9)18-2)15(7-19-8-15)12-6-11(12)14(16)17/h3-5,11-12H,6-8H2,1-2H3,(H,16,17). The van der Waals surface area contributed by atoms with Crippen LogP contribution in [0.5, 0.6) is 5.75 Å². The molecule has 0 amide bonds. The molecule has 0 bridgehead atoms. The monoisotopic (exact) mass is 262 g/mol. The van der Waals surface area contributed by atoms with Crippen LogP contribution in [0.25, 0.3) is 0 Å². The lowest BCUT2D eigenvalue weighted by molar-refractivity contribution is -0.140. The minimum atomic E-state index is -0.679. The van der Waals surface area contributed by atoms with Gasteiger partial charge < -0.3 is 14.6 Å². The van der Waals surface area contributed by atoms with Crippen LogP contribution in [0.4, 0.5) is 0 Å². The van der Waals surface area contributed by atoms with Gasteiger partial charge in [-0.3, -0.25) is 4.79 Å². The van der Waals surface area contributed by atoms with Gasteiger partial charge in [-0.25, -0.2) is 0 Å². The molecule has 1 saturated heterocycles. The van der Waals surface area contributed by atoms with E-state index >= 15 is 0 Å². The fraction of sp³-hybridized carbons (Fsp3) is 0.533. The molecule has 3 rings (SSSR count). The summed E-state index contributed by atoms with van der Waals surface area (Å²) in [5, 5.41) is 9.13. The second kappa shape index (κ2) is 4.23. The average molecular weight is 262 g/mol. The van der Waals surface area contributed by atoms with Crippen molar-refractivity contribution >= 4 is 5.97 Å². The van der Waals surface area contributed by atoms with Crippen LogP contribution in [0.2, 0.25) is 0 Å². The molecule has 1 aromatic carbocycles. The highest BCUT2D eigenvalue weighted by Gasteiger charge is 2.60. The number of methoxy groups -OCH3 is 1. The maximum Gasteiger partial charge on any atom is 0.306 e. The highest BCUT2D eigenvalue weighted by atomic mass is 16.5. The molecule has 102 valence electrons. The molecule has 0 aromatic heterocycles. The van der Waals surface area contributed by atoms with Crippen LogP contribution in [-0.4, -0.2) is 31.4 Å². The molecule has 2 aliphatic rings. The first-order chi connectivity index (χ1) is 9.08. The van der Waals surface area contributed by atoms with E-state index in [0.29, 0.717) is 13.2 Å². The largest absolute Gasteiger partial charge is 0.496 e. The van der Waals surface area contributed by atoms with E-state index in [1.165, 1.54) is 5.56 Å². The van der Waals surface area contributed by atoms with Crippen LogP contribution in [0.3, 0.4) is 0 Å². The summed E-state index contributed by atoms with van der Waals surface area (Å²) in [6, 6.07) is 6.12. The quantitative estimate of drug-likeness (QED) is 0.901. The minimum Gasteiger partial charge on any atom is -0.496 e. The summed E-state index contributed by atoms with van der Waals surface area (Å²) in [6.45, 7) is 3.28. The highest BCUT2D eigenvalue weighted by molar-refractivity contribution is 5.74. The van der Waals surface area contributed by atoms with Gasteiger partial charge >= 0.3 is 5.97 Å². The Morgan fingerprint density at radius 3 is 2.63 bits per heavy atom. The van der Waals surface area contributed by atoms with Gasteiger partial charge in [0.1, 0.15) is 5.75 Å². The SMILES string of the molecule is COc1ccc(C2(C3CC3C(=O)O)COC2)cc1C. The first-order valence-electron chi connectivity index (χ1n) is 6.54. The van der Waals surface area contributed by atoms with Crippen LogP contribution >= 0.6 is 0 Å². The number of carbonyl (C=O) groups is 1. The van der Waals surface area contributed by atoms with E-state index in [0.717, 1.165) is 17.7 Å². The maximum absolute atomic E-state index is 11.1. The van der Waals surface area contributed by atoms with Crippen LogP contribution < -0.4 is 4.74 Å². The minimum absolute atomic E-state index is 0.0971. The Bertz CT molecular complexity index is 519. The van der Waals surface area contributed by atoms with Gasteiger partial charge in [0.2, 0.25) is 0 Å². The number of hydrogen-bond donors (Lipinski definition) is 1. The molecule has 1 heterocycles. The van der Waals surface area contributed by atoms with Crippen LogP contribution in [-0.2, 0) is 14.9 Å². The van der Waals surface area contributed by atoms with Crippen molar-refractivity contribution in [3.63, 3.8) is 0 Å². The third kappa shape index (κ3) is 1.82. The number of aliphatic carboxylic acids is 1. The molecule has 2 fully saturated rings. The lowest BCUT2D eigenvalue weighted by Crippen LogP contribution is -2.49. The topological polar surface area (TPSA) is 55.8 Å². The molecular weight excluding hydrogens is 244 g/mol. The molecule has 1 saturated carbocycles. The third-order valence-corrected chi connectivity index (χ3v) is 4.51. The van der Waals surface area contributed by atoms with E-state index in [1.807, 2.05) is 19.1 Å². The Hall–Kier alpha value is -1.55. The second-order valence-electron chi connectivity index (χ2n) is 5.62. The molecule has 2 atom stereocenters. The van der Waals surface area contributed by atoms with E-state index in [2.05, 4.69) is 6.07 Å². The summed E-state index contributed by atoms with van der Waals surface area (Å²) in [4.78, 5) is 11.1. The summed E-state index contributed by atoms with van der Waals surface area (Å²) in [7, 11) is 1.66. The maximum atomic E-state index is 11.1. The van der Waals surface area contributed by atoms with Crippen molar-refractivity contribution in [1.82, 2.24) is 0 Å². The fourth-order valence-electron chi connectivity index (χ4n) is 3.18. The van der Waals surface area contributed by atoms with Gasteiger partial charge in [0.05, 0.1) is 26.2 Å². The van der Waals surface area contributed by atoms with Crippen molar-refractivity contribution < 1.29 is 19.4 Å². The van der Waals surface area contributed by atoms with Crippen LogP contribution in [0, 0.1) is 18.8 Å². The van der Waals surface area contributed by atoms with Crippen molar-refractivity contribution in [2.75, 3.05) is 20.3 Å². The lowest BCUT2D eigenvalue weighted by atomic mass is 9.73. The van der Waals surface area contributed by atoms with Gasteiger partial charge in [-0.1, -0.05) is 12.1 Å². The smallest absolute Gasteiger partial charge is 0.306 e. The highest BCUT2D eigenvalue weighted by Crippen LogP contribution is 2.56. The first kappa shape index (κ1) is 12.5. The van der Waals surface area contributed by atoms with E-state index in [-0.39, 0.29) is 17.3 Å². The van der Waals surface area contributed by atoms with E-state index in [4.69, 9.17) is 14.6 Å². The van der Waals surface area contributed by atoms with Crippen molar-refractivity contribution in [3.05, 3.63) is 29.3 Å². The van der Waals surface area contributed by atoms with Gasteiger partial charge in [0.15, 0.2) is 0 Å². The molecule has 1 aromatic rings. The Balaban J connectivity index is 1.91. The van der Waals surface area contributed by atoms with Crippen LogP contribution in [0.1, 0.15) is 17.5 Å². The number of ether oxygens (including phenoxy) is 2. The van der Waals surface area contributed by atoms with Gasteiger partial charge in [0.25, 0.3) is 0 Å². The van der Waals surface area contributed by atoms with Crippen LogP contribution in [0.15, 0.2) is 18.2 Å². The molecule has 2 unspecified atom stereocenters. The molecule has 1 aliphatic carbocycles. The third-order valence-electron chi connectivity index (χ3n) is 4.51. The molecule has 1 aliphatic heterocycles. The number of rotatable bonds is 4. The Morgan fingerprint density at radius 1 is 1.47 bits per heavy atom. The van der Waals surface area contributed by atoms with Crippen molar-refractivity contribution in [2.45, 2.75) is 18.8 Å². The van der Waals surface area contributed by atoms with E-state index in [1.54, 1.807) is 7.11 Å². The molecule has 0 spiro atoms. The second-order valence-corrected chi connectivity index (χ2v) is 5.62. The molecule has 4 nitrogen and oxygen atoms in total. The normalized spacial score (nSPS) is 27.5. The Kier molecular flexibility index (Phi) is 2.78. The lowest BCUT2D eigenvalue weighted by Gasteiger charge is -2.43. The number of aryl methyl sites for hydroxylation is 1.